The highest BCUT2D eigenvalue weighted by molar-refractivity contribution is 6.05. The van der Waals surface area contributed by atoms with Gasteiger partial charge in [0, 0.05) is 11.0 Å². The van der Waals surface area contributed by atoms with Crippen LogP contribution in [0.25, 0.3) is 16.8 Å². The zero-order chi connectivity index (χ0) is 16.4. The third kappa shape index (κ3) is 2.94. The van der Waals surface area contributed by atoms with E-state index in [1.165, 1.54) is 0 Å². The average molecular weight is 310 g/mol. The molecule has 0 bridgehead atoms. The molecule has 2 N–H and O–H groups in total. The van der Waals surface area contributed by atoms with Crippen molar-refractivity contribution < 1.29 is 9.53 Å². The number of hydrogen-bond acceptors (Lipinski definition) is 3. The third-order valence-corrected chi connectivity index (χ3v) is 4.07. The first kappa shape index (κ1) is 15.6. The first-order chi connectivity index (χ1) is 11.0. The minimum atomic E-state index is -0.404. The van der Waals surface area contributed by atoms with E-state index in [1.807, 2.05) is 44.2 Å². The Kier molecular flexibility index (Phi) is 4.09. The van der Waals surface area contributed by atoms with E-state index in [0.29, 0.717) is 6.61 Å². The van der Waals surface area contributed by atoms with Crippen LogP contribution in [0, 0.1) is 0 Å². The maximum atomic E-state index is 12.1. The number of hydrogen-bond donors (Lipinski definition) is 2. The maximum absolute atomic E-state index is 12.1. The van der Waals surface area contributed by atoms with Gasteiger partial charge in [-0.1, -0.05) is 37.3 Å². The Balaban J connectivity index is 2.16. The van der Waals surface area contributed by atoms with Gasteiger partial charge in [-0.3, -0.25) is 10.2 Å². The Hall–Kier alpha value is -2.33. The predicted octanol–water partition coefficient (Wildman–Crippen LogP) is 3.43. The number of benzene rings is 2. The Morgan fingerprint density at radius 2 is 1.91 bits per heavy atom. The van der Waals surface area contributed by atoms with Gasteiger partial charge in [0.15, 0.2) is 0 Å². The summed E-state index contributed by atoms with van der Waals surface area (Å²) in [6, 6.07) is 12.1. The fraction of sp³-hybridized carbons (Fsp3) is 0.316. The SMILES string of the molecule is CCCOc1cccc2cccc(/C=C3\C(=O)NNC3(C)C)c12. The van der Waals surface area contributed by atoms with Crippen LogP contribution < -0.4 is 15.6 Å². The van der Waals surface area contributed by atoms with Crippen molar-refractivity contribution in [1.29, 1.82) is 0 Å². The normalized spacial score (nSPS) is 18.4. The van der Waals surface area contributed by atoms with Crippen LogP contribution in [0.5, 0.6) is 5.75 Å². The van der Waals surface area contributed by atoms with E-state index in [-0.39, 0.29) is 5.91 Å². The van der Waals surface area contributed by atoms with Crippen molar-refractivity contribution in [2.24, 2.45) is 0 Å². The lowest BCUT2D eigenvalue weighted by Gasteiger charge is -2.17. The number of carbonyl (C=O) groups is 1. The van der Waals surface area contributed by atoms with Gasteiger partial charge in [0.25, 0.3) is 5.91 Å². The Bertz CT molecular complexity index is 773. The molecule has 1 fully saturated rings. The highest BCUT2D eigenvalue weighted by Crippen LogP contribution is 2.32. The van der Waals surface area contributed by atoms with Crippen molar-refractivity contribution in [2.45, 2.75) is 32.7 Å². The predicted molar refractivity (Wildman–Crippen MR) is 93.1 cm³/mol. The zero-order valence-electron chi connectivity index (χ0n) is 13.8. The van der Waals surface area contributed by atoms with Gasteiger partial charge in [-0.05, 0) is 43.4 Å². The first-order valence-corrected chi connectivity index (χ1v) is 7.97. The molecular weight excluding hydrogens is 288 g/mol. The molecule has 0 saturated carbocycles. The number of carbonyl (C=O) groups excluding carboxylic acids is 1. The third-order valence-electron chi connectivity index (χ3n) is 4.07. The fourth-order valence-corrected chi connectivity index (χ4v) is 2.82. The summed E-state index contributed by atoms with van der Waals surface area (Å²) in [5, 5.41) is 2.16. The molecule has 1 heterocycles. The molecule has 4 heteroatoms. The second-order valence-electron chi connectivity index (χ2n) is 6.31. The highest BCUT2D eigenvalue weighted by Gasteiger charge is 2.35. The van der Waals surface area contributed by atoms with E-state index < -0.39 is 5.54 Å². The molecule has 0 atom stereocenters. The molecule has 2 aromatic carbocycles. The second-order valence-corrected chi connectivity index (χ2v) is 6.31. The van der Waals surface area contributed by atoms with Crippen LogP contribution in [0.2, 0.25) is 0 Å². The zero-order valence-corrected chi connectivity index (χ0v) is 13.8. The fourth-order valence-electron chi connectivity index (χ4n) is 2.82. The van der Waals surface area contributed by atoms with Crippen molar-refractivity contribution in [1.82, 2.24) is 10.9 Å². The molecule has 23 heavy (non-hydrogen) atoms. The Morgan fingerprint density at radius 1 is 1.17 bits per heavy atom. The molecule has 0 radical (unpaired) electrons. The lowest BCUT2D eigenvalue weighted by Crippen LogP contribution is -2.38. The van der Waals surface area contributed by atoms with E-state index in [4.69, 9.17) is 4.74 Å². The van der Waals surface area contributed by atoms with Crippen molar-refractivity contribution in [3.63, 3.8) is 0 Å². The smallest absolute Gasteiger partial charge is 0.263 e. The molecule has 4 nitrogen and oxygen atoms in total. The molecule has 1 amide bonds. The number of amides is 1. The second kappa shape index (κ2) is 6.05. The van der Waals surface area contributed by atoms with Gasteiger partial charge in [0.1, 0.15) is 5.75 Å². The Morgan fingerprint density at radius 3 is 2.57 bits per heavy atom. The number of rotatable bonds is 4. The molecule has 0 spiro atoms. The molecule has 3 rings (SSSR count). The molecule has 120 valence electrons. The maximum Gasteiger partial charge on any atom is 0.263 e. The topological polar surface area (TPSA) is 50.4 Å². The largest absolute Gasteiger partial charge is 0.493 e. The van der Waals surface area contributed by atoms with E-state index >= 15 is 0 Å². The molecule has 1 aliphatic heterocycles. The summed E-state index contributed by atoms with van der Waals surface area (Å²) in [5.74, 6) is 0.778. The lowest BCUT2D eigenvalue weighted by molar-refractivity contribution is -0.116. The number of nitrogens with one attached hydrogen (secondary N) is 2. The van der Waals surface area contributed by atoms with E-state index in [1.54, 1.807) is 0 Å². The summed E-state index contributed by atoms with van der Waals surface area (Å²) in [4.78, 5) is 12.1. The quantitative estimate of drug-likeness (QED) is 0.851. The number of ether oxygens (including phenoxy) is 1. The molecule has 2 aromatic rings. The van der Waals surface area contributed by atoms with Crippen molar-refractivity contribution in [2.75, 3.05) is 6.61 Å². The summed E-state index contributed by atoms with van der Waals surface area (Å²) in [6.07, 6.45) is 2.91. The van der Waals surface area contributed by atoms with E-state index in [2.05, 4.69) is 29.9 Å². The van der Waals surface area contributed by atoms with Gasteiger partial charge in [-0.25, -0.2) is 5.43 Å². The average Bonchev–Trinajstić information content (AvgIpc) is 2.80. The van der Waals surface area contributed by atoms with Crippen molar-refractivity contribution in [3.8, 4) is 5.75 Å². The van der Waals surface area contributed by atoms with Crippen LogP contribution in [-0.4, -0.2) is 18.1 Å². The van der Waals surface area contributed by atoms with E-state index in [0.717, 1.165) is 34.1 Å². The summed E-state index contributed by atoms with van der Waals surface area (Å²) >= 11 is 0. The minimum absolute atomic E-state index is 0.0843. The van der Waals surface area contributed by atoms with Gasteiger partial charge < -0.3 is 4.74 Å². The summed E-state index contributed by atoms with van der Waals surface area (Å²) in [7, 11) is 0. The van der Waals surface area contributed by atoms with Gasteiger partial charge in [0.2, 0.25) is 0 Å². The first-order valence-electron chi connectivity index (χ1n) is 7.97. The van der Waals surface area contributed by atoms with Crippen LogP contribution in [-0.2, 0) is 4.79 Å². The molecule has 0 unspecified atom stereocenters. The van der Waals surface area contributed by atoms with Gasteiger partial charge in [-0.2, -0.15) is 0 Å². The molecule has 1 saturated heterocycles. The highest BCUT2D eigenvalue weighted by atomic mass is 16.5. The van der Waals surface area contributed by atoms with Crippen LogP contribution in [0.1, 0.15) is 32.8 Å². The molecule has 0 aromatic heterocycles. The van der Waals surface area contributed by atoms with Crippen molar-refractivity contribution in [3.05, 3.63) is 47.5 Å². The lowest BCUT2D eigenvalue weighted by atomic mass is 9.92. The Labute approximate surface area is 136 Å². The van der Waals surface area contributed by atoms with Crippen LogP contribution >= 0.6 is 0 Å². The van der Waals surface area contributed by atoms with E-state index in [9.17, 15) is 4.79 Å². The summed E-state index contributed by atoms with van der Waals surface area (Å²) in [5.41, 5.74) is 7.01. The minimum Gasteiger partial charge on any atom is -0.493 e. The molecular formula is C19H22N2O2. The van der Waals surface area contributed by atoms with Crippen LogP contribution in [0.15, 0.2) is 42.0 Å². The van der Waals surface area contributed by atoms with Gasteiger partial charge in [0.05, 0.1) is 12.1 Å². The summed E-state index contributed by atoms with van der Waals surface area (Å²) in [6.45, 7) is 6.73. The van der Waals surface area contributed by atoms with Crippen molar-refractivity contribution >= 4 is 22.8 Å². The molecule has 1 aliphatic rings. The van der Waals surface area contributed by atoms with Gasteiger partial charge >= 0.3 is 0 Å². The van der Waals surface area contributed by atoms with Gasteiger partial charge in [-0.15, -0.1) is 0 Å². The monoisotopic (exact) mass is 310 g/mol. The number of hydrazine groups is 1. The van der Waals surface area contributed by atoms with Crippen LogP contribution in [0.3, 0.4) is 0 Å². The number of fused-ring (bicyclic) bond motifs is 1. The summed E-state index contributed by atoms with van der Waals surface area (Å²) < 4.78 is 5.91. The van der Waals surface area contributed by atoms with Crippen LogP contribution in [0.4, 0.5) is 0 Å². The molecule has 0 aliphatic carbocycles. The standard InChI is InChI=1S/C19H22N2O2/c1-4-11-23-16-10-6-8-13-7-5-9-14(17(13)16)12-15-18(22)20-21-19(15,2)3/h5-10,12,21H,4,11H2,1-3H3,(H,20,22)/b15-12+.